The Hall–Kier alpha value is -2.44. The second-order valence-corrected chi connectivity index (χ2v) is 7.99. The van der Waals surface area contributed by atoms with Crippen LogP contribution in [0.25, 0.3) is 10.8 Å². The Morgan fingerprint density at radius 2 is 1.65 bits per heavy atom. The van der Waals surface area contributed by atoms with Crippen LogP contribution in [0.4, 0.5) is 5.69 Å². The van der Waals surface area contributed by atoms with Crippen molar-refractivity contribution in [3.8, 4) is 11.5 Å². The molecule has 0 saturated carbocycles. The predicted octanol–water partition coefficient (Wildman–Crippen LogP) is 4.41. The van der Waals surface area contributed by atoms with Gasteiger partial charge in [-0.3, -0.25) is 4.72 Å². The van der Waals surface area contributed by atoms with E-state index in [0.29, 0.717) is 35.2 Å². The summed E-state index contributed by atoms with van der Waals surface area (Å²) in [5.74, 6) is 0.544. The summed E-state index contributed by atoms with van der Waals surface area (Å²) in [4.78, 5) is 0. The topological polar surface area (TPSA) is 75.6 Å². The number of hydrogen-bond acceptors (Lipinski definition) is 4. The number of phenolic OH excluding ortho intramolecular Hbond substituents is 1. The summed E-state index contributed by atoms with van der Waals surface area (Å²) in [7, 11) is -3.58. The summed E-state index contributed by atoms with van der Waals surface area (Å²) in [6.45, 7) is 0.294. The lowest BCUT2D eigenvalue weighted by Gasteiger charge is -2.13. The van der Waals surface area contributed by atoms with Gasteiger partial charge in [-0.05, 0) is 24.6 Å². The molecule has 5 nitrogen and oxygen atoms in total. The number of benzene rings is 3. The van der Waals surface area contributed by atoms with Crippen LogP contribution in [0.3, 0.4) is 0 Å². The Morgan fingerprint density at radius 1 is 1.00 bits per heavy atom. The monoisotopic (exact) mass is 391 g/mol. The van der Waals surface area contributed by atoms with Crippen molar-refractivity contribution in [3.05, 3.63) is 65.7 Å². The molecule has 0 aliphatic heterocycles. The van der Waals surface area contributed by atoms with Crippen molar-refractivity contribution >= 4 is 38.1 Å². The molecular formula is C19H18ClNO4S. The first-order valence-electron chi connectivity index (χ1n) is 8.05. The molecule has 0 amide bonds. The van der Waals surface area contributed by atoms with Gasteiger partial charge >= 0.3 is 0 Å². The van der Waals surface area contributed by atoms with Crippen LogP contribution in [-0.4, -0.2) is 25.9 Å². The van der Waals surface area contributed by atoms with Crippen LogP contribution in [-0.2, 0) is 10.0 Å². The first kappa shape index (κ1) is 18.4. The second-order valence-electron chi connectivity index (χ2n) is 5.74. The third kappa shape index (κ3) is 4.39. The Balaban J connectivity index is 1.68. The predicted molar refractivity (Wildman–Crippen MR) is 105 cm³/mol. The van der Waals surface area contributed by atoms with Gasteiger partial charge in [0.05, 0.1) is 23.1 Å². The van der Waals surface area contributed by atoms with Gasteiger partial charge < -0.3 is 9.84 Å². The Morgan fingerprint density at radius 3 is 2.38 bits per heavy atom. The number of halogens is 1. The average Bonchev–Trinajstić information content (AvgIpc) is 2.64. The number of hydrogen-bond donors (Lipinski definition) is 2. The summed E-state index contributed by atoms with van der Waals surface area (Å²) >= 11 is 6.01. The summed E-state index contributed by atoms with van der Waals surface area (Å²) in [6, 6.07) is 17.6. The standard InChI is InChI=1S/C19H18ClNO4S/c20-17-13-18(15-9-4-5-10-16(15)19(17)22)21-26(23,24)12-6-11-25-14-7-2-1-3-8-14/h1-5,7-10,13,21-22H,6,11-12H2. The largest absolute Gasteiger partial charge is 0.506 e. The molecule has 7 heteroatoms. The minimum Gasteiger partial charge on any atom is -0.506 e. The molecular weight excluding hydrogens is 374 g/mol. The zero-order valence-corrected chi connectivity index (χ0v) is 15.4. The third-order valence-corrected chi connectivity index (χ3v) is 5.45. The molecule has 2 N–H and O–H groups in total. The highest BCUT2D eigenvalue weighted by Crippen LogP contribution is 2.37. The molecule has 0 heterocycles. The van der Waals surface area contributed by atoms with E-state index in [2.05, 4.69) is 4.72 Å². The van der Waals surface area contributed by atoms with Crippen molar-refractivity contribution in [3.63, 3.8) is 0 Å². The van der Waals surface area contributed by atoms with Crippen LogP contribution in [0.2, 0.25) is 5.02 Å². The van der Waals surface area contributed by atoms with E-state index < -0.39 is 10.0 Å². The van der Waals surface area contributed by atoms with Crippen LogP contribution in [0.5, 0.6) is 11.5 Å². The number of nitrogens with one attached hydrogen (secondary N) is 1. The minimum atomic E-state index is -3.58. The van der Waals surface area contributed by atoms with Crippen LogP contribution >= 0.6 is 11.6 Å². The molecule has 136 valence electrons. The molecule has 3 aromatic rings. The summed E-state index contributed by atoms with van der Waals surface area (Å²) in [5, 5.41) is 11.2. The summed E-state index contributed by atoms with van der Waals surface area (Å²) in [5.41, 5.74) is 0.340. The maximum atomic E-state index is 12.4. The summed E-state index contributed by atoms with van der Waals surface area (Å²) in [6.07, 6.45) is 0.341. The molecule has 0 aliphatic carbocycles. The van der Waals surface area contributed by atoms with Crippen molar-refractivity contribution in [1.29, 1.82) is 0 Å². The van der Waals surface area contributed by atoms with E-state index in [1.807, 2.05) is 30.3 Å². The van der Waals surface area contributed by atoms with Crippen LogP contribution in [0.1, 0.15) is 6.42 Å². The second kappa shape index (κ2) is 7.85. The lowest BCUT2D eigenvalue weighted by Crippen LogP contribution is -2.18. The highest BCUT2D eigenvalue weighted by Gasteiger charge is 2.15. The third-order valence-electron chi connectivity index (χ3n) is 3.80. The minimum absolute atomic E-state index is 0.0681. The van der Waals surface area contributed by atoms with Crippen LogP contribution < -0.4 is 9.46 Å². The number of phenols is 1. The number of fused-ring (bicyclic) bond motifs is 1. The fourth-order valence-electron chi connectivity index (χ4n) is 2.58. The first-order chi connectivity index (χ1) is 12.5. The van der Waals surface area contributed by atoms with E-state index in [0.717, 1.165) is 0 Å². The number of anilines is 1. The molecule has 0 unspecified atom stereocenters. The van der Waals surface area contributed by atoms with Gasteiger partial charge in [0, 0.05) is 10.8 Å². The number of sulfonamides is 1. The van der Waals surface area contributed by atoms with Gasteiger partial charge in [0.2, 0.25) is 10.0 Å². The van der Waals surface area contributed by atoms with Crippen LogP contribution in [0.15, 0.2) is 60.7 Å². The number of ether oxygens (including phenoxy) is 1. The fourth-order valence-corrected chi connectivity index (χ4v) is 3.90. The Labute approximate surface area is 157 Å². The smallest absolute Gasteiger partial charge is 0.232 e. The molecule has 26 heavy (non-hydrogen) atoms. The van der Waals surface area contributed by atoms with Gasteiger partial charge in [-0.15, -0.1) is 0 Å². The van der Waals surface area contributed by atoms with Gasteiger partial charge in [0.25, 0.3) is 0 Å². The molecule has 0 bridgehead atoms. The Kier molecular flexibility index (Phi) is 5.54. The van der Waals surface area contributed by atoms with E-state index in [-0.39, 0.29) is 16.5 Å². The first-order valence-corrected chi connectivity index (χ1v) is 10.1. The molecule has 0 aromatic heterocycles. The lowest BCUT2D eigenvalue weighted by molar-refractivity contribution is 0.318. The van der Waals surface area contributed by atoms with Crippen molar-refractivity contribution in [2.24, 2.45) is 0 Å². The van der Waals surface area contributed by atoms with Gasteiger partial charge in [-0.25, -0.2) is 8.42 Å². The van der Waals surface area contributed by atoms with Crippen molar-refractivity contribution in [2.45, 2.75) is 6.42 Å². The highest BCUT2D eigenvalue weighted by atomic mass is 35.5. The van der Waals surface area contributed by atoms with Gasteiger partial charge in [-0.2, -0.15) is 0 Å². The van der Waals surface area contributed by atoms with E-state index in [1.165, 1.54) is 6.07 Å². The molecule has 0 atom stereocenters. The fraction of sp³-hybridized carbons (Fsp3) is 0.158. The molecule has 0 spiro atoms. The van der Waals surface area contributed by atoms with E-state index >= 15 is 0 Å². The Bertz CT molecular complexity index is 1010. The average molecular weight is 392 g/mol. The molecule has 3 rings (SSSR count). The molecule has 0 fully saturated rings. The maximum absolute atomic E-state index is 12.4. The van der Waals surface area contributed by atoms with Crippen molar-refractivity contribution in [1.82, 2.24) is 0 Å². The molecule has 0 radical (unpaired) electrons. The van der Waals surface area contributed by atoms with E-state index in [4.69, 9.17) is 16.3 Å². The maximum Gasteiger partial charge on any atom is 0.232 e. The molecule has 0 saturated heterocycles. The number of para-hydroxylation sites is 1. The van der Waals surface area contributed by atoms with Gasteiger partial charge in [0.1, 0.15) is 11.5 Å². The number of aromatic hydroxyl groups is 1. The van der Waals surface area contributed by atoms with E-state index in [1.54, 1.807) is 24.3 Å². The lowest BCUT2D eigenvalue weighted by atomic mass is 10.1. The van der Waals surface area contributed by atoms with Crippen molar-refractivity contribution < 1.29 is 18.3 Å². The zero-order valence-electron chi connectivity index (χ0n) is 13.9. The summed E-state index contributed by atoms with van der Waals surface area (Å²) < 4.78 is 32.8. The number of rotatable bonds is 7. The SMILES string of the molecule is O=S(=O)(CCCOc1ccccc1)Nc1cc(Cl)c(O)c2ccccc12. The van der Waals surface area contributed by atoms with E-state index in [9.17, 15) is 13.5 Å². The normalized spacial score (nSPS) is 11.4. The quantitative estimate of drug-likeness (QED) is 0.462. The van der Waals surface area contributed by atoms with Gasteiger partial charge in [0.15, 0.2) is 0 Å². The van der Waals surface area contributed by atoms with Gasteiger partial charge in [-0.1, -0.05) is 54.1 Å². The zero-order chi connectivity index (χ0) is 18.6. The highest BCUT2D eigenvalue weighted by molar-refractivity contribution is 7.92. The molecule has 0 aliphatic rings. The van der Waals surface area contributed by atoms with Crippen molar-refractivity contribution in [2.75, 3.05) is 17.1 Å². The molecule has 3 aromatic carbocycles. The van der Waals surface area contributed by atoms with Crippen LogP contribution in [0, 0.1) is 0 Å².